The zero-order valence-electron chi connectivity index (χ0n) is 27.7. The quantitative estimate of drug-likeness (QED) is 0.0286. The van der Waals surface area contributed by atoms with Crippen molar-refractivity contribution >= 4 is 74.3 Å². The fraction of sp³-hybridized carbons (Fsp3) is 0.583. The average molecular weight is 845 g/mol. The molecule has 1 amide bonds. The van der Waals surface area contributed by atoms with Crippen LogP contribution in [0.1, 0.15) is 39.0 Å². The van der Waals surface area contributed by atoms with Gasteiger partial charge in [0.05, 0.1) is 36.5 Å². The standard InChI is InChI=1S/C24H34F3N6O14P3S2/c1-23(2,3)52-51-13-43-15-9-17(45-16(15)11-44-49(39,40)47-50(41,42)46-48(36,37)38)33-10-14(7-6-8-28-21(35)24(25,26)27)18-19(33)30-22(31-20(18)34)29-12-32(4)5/h10,12,15-17H,8-9,11,13H2,1-5H3,(H,28,35)(H,39,40)(H,41,42)(H,30,31,34)(H2,36,37,38)/t15?,16-,17-/m1/s1. The Bertz CT molecular complexity index is 1910. The summed E-state index contributed by atoms with van der Waals surface area (Å²) in [5, 5.41) is 1.46. The summed E-state index contributed by atoms with van der Waals surface area (Å²) in [4.78, 5) is 73.9. The molecule has 1 aliphatic rings. The molecule has 0 aliphatic carbocycles. The summed E-state index contributed by atoms with van der Waals surface area (Å²) in [7, 11) is -10.9. The van der Waals surface area contributed by atoms with Crippen molar-refractivity contribution in [2.45, 2.75) is 56.6 Å². The Morgan fingerprint density at radius 3 is 2.48 bits per heavy atom. The smallest absolute Gasteiger partial charge is 0.369 e. The molecule has 0 radical (unpaired) electrons. The summed E-state index contributed by atoms with van der Waals surface area (Å²) in [6, 6.07) is 0. The first kappa shape index (κ1) is 44.1. The average Bonchev–Trinajstić information content (AvgIpc) is 3.53. The van der Waals surface area contributed by atoms with Crippen LogP contribution in [0.15, 0.2) is 16.0 Å². The number of nitrogens with one attached hydrogen (secondary N) is 2. The molecule has 28 heteroatoms. The highest BCUT2D eigenvalue weighted by Crippen LogP contribution is 2.66. The molecule has 20 nitrogen and oxygen atoms in total. The number of halogens is 3. The fourth-order valence-electron chi connectivity index (χ4n) is 4.04. The highest BCUT2D eigenvalue weighted by Gasteiger charge is 2.44. The van der Waals surface area contributed by atoms with Crippen molar-refractivity contribution in [3.05, 3.63) is 22.1 Å². The Kier molecular flexibility index (Phi) is 14.8. The van der Waals surface area contributed by atoms with E-state index in [1.54, 1.807) is 24.3 Å². The van der Waals surface area contributed by atoms with Crippen LogP contribution in [0.3, 0.4) is 0 Å². The number of aliphatic imine (C=N–C) groups is 1. The molecule has 3 unspecified atom stereocenters. The number of phosphoric ester groups is 1. The molecule has 2 aromatic rings. The Labute approximate surface area is 301 Å². The Balaban J connectivity index is 1.98. The van der Waals surface area contributed by atoms with Crippen molar-refractivity contribution in [1.29, 1.82) is 0 Å². The van der Waals surface area contributed by atoms with E-state index in [0.29, 0.717) is 0 Å². The van der Waals surface area contributed by atoms with Gasteiger partial charge in [-0.15, -0.1) is 0 Å². The molecule has 1 aliphatic heterocycles. The number of aromatic amines is 1. The second-order valence-electron chi connectivity index (χ2n) is 11.6. The molecule has 3 heterocycles. The maximum Gasteiger partial charge on any atom is 0.490 e. The van der Waals surface area contributed by atoms with Crippen LogP contribution in [0.2, 0.25) is 0 Å². The van der Waals surface area contributed by atoms with E-state index in [0.717, 1.165) is 0 Å². The van der Waals surface area contributed by atoms with Gasteiger partial charge in [0.1, 0.15) is 18.3 Å². The first-order valence-corrected chi connectivity index (χ1v) is 21.1. The summed E-state index contributed by atoms with van der Waals surface area (Å²) < 4.78 is 98.5. The molecule has 0 bridgehead atoms. The second-order valence-corrected chi connectivity index (χ2v) is 19.1. The predicted octanol–water partition coefficient (Wildman–Crippen LogP) is 3.13. The molecule has 6 N–H and O–H groups in total. The number of carbonyl (C=O) groups excluding carboxylic acids is 1. The zero-order chi connectivity index (χ0) is 39.3. The Hall–Kier alpha value is -2.26. The molecular formula is C24H34F3N6O14P3S2. The number of ether oxygens (including phenoxy) is 2. The number of aromatic nitrogens is 3. The van der Waals surface area contributed by atoms with E-state index < -0.39 is 72.7 Å². The molecule has 52 heavy (non-hydrogen) atoms. The predicted molar refractivity (Wildman–Crippen MR) is 181 cm³/mol. The van der Waals surface area contributed by atoms with Crippen molar-refractivity contribution in [3.63, 3.8) is 0 Å². The van der Waals surface area contributed by atoms with E-state index in [9.17, 15) is 46.2 Å². The van der Waals surface area contributed by atoms with Crippen LogP contribution in [0.4, 0.5) is 19.1 Å². The van der Waals surface area contributed by atoms with Crippen molar-refractivity contribution in [2.24, 2.45) is 4.99 Å². The van der Waals surface area contributed by atoms with Crippen LogP contribution in [0.25, 0.3) is 11.0 Å². The number of amides is 1. The molecule has 1 fully saturated rings. The summed E-state index contributed by atoms with van der Waals surface area (Å²) in [6.07, 6.45) is -5.84. The lowest BCUT2D eigenvalue weighted by Crippen LogP contribution is -2.36. The number of H-pyrrole nitrogens is 1. The molecular weight excluding hydrogens is 810 g/mol. The van der Waals surface area contributed by atoms with Crippen LogP contribution < -0.4 is 10.9 Å². The van der Waals surface area contributed by atoms with Crippen LogP contribution in [0.5, 0.6) is 0 Å². The van der Waals surface area contributed by atoms with Crippen LogP contribution in [0, 0.1) is 11.8 Å². The first-order valence-electron chi connectivity index (χ1n) is 14.3. The maximum absolute atomic E-state index is 13.2. The number of rotatable bonds is 15. The van der Waals surface area contributed by atoms with Gasteiger partial charge in [-0.3, -0.25) is 19.1 Å². The summed E-state index contributed by atoms with van der Waals surface area (Å²) >= 11 is 0. The molecule has 0 spiro atoms. The minimum Gasteiger partial charge on any atom is -0.369 e. The maximum atomic E-state index is 13.2. The number of fused-ring (bicyclic) bond motifs is 1. The van der Waals surface area contributed by atoms with Crippen molar-refractivity contribution in [1.82, 2.24) is 24.8 Å². The number of carbonyl (C=O) groups is 1. The number of hydrogen-bond acceptors (Lipinski definition) is 14. The zero-order valence-corrected chi connectivity index (χ0v) is 32.0. The molecule has 3 rings (SSSR count). The number of alkyl halides is 3. The van der Waals surface area contributed by atoms with Crippen LogP contribution >= 0.6 is 45.1 Å². The number of nitrogens with zero attached hydrogens (tertiary/aromatic N) is 4. The minimum atomic E-state index is -5.81. The summed E-state index contributed by atoms with van der Waals surface area (Å²) in [5.74, 6) is 2.54. The monoisotopic (exact) mass is 844 g/mol. The van der Waals surface area contributed by atoms with Gasteiger partial charge < -0.3 is 43.8 Å². The van der Waals surface area contributed by atoms with E-state index in [4.69, 9.17) is 23.8 Å². The fourth-order valence-corrected chi connectivity index (χ4v) is 9.07. The molecule has 0 saturated carbocycles. The Morgan fingerprint density at radius 1 is 1.21 bits per heavy atom. The van der Waals surface area contributed by atoms with E-state index in [1.807, 2.05) is 20.8 Å². The third-order valence-corrected chi connectivity index (χ3v) is 12.6. The number of hydrogen-bond donors (Lipinski definition) is 6. The molecule has 0 aromatic carbocycles. The lowest BCUT2D eigenvalue weighted by molar-refractivity contribution is -0.173. The van der Waals surface area contributed by atoms with Gasteiger partial charge in [-0.2, -0.15) is 26.8 Å². The normalized spacial score (nSPS) is 20.7. The highest BCUT2D eigenvalue weighted by molar-refractivity contribution is 8.77. The van der Waals surface area contributed by atoms with Crippen LogP contribution in [-0.2, 0) is 41.1 Å². The van der Waals surface area contributed by atoms with Gasteiger partial charge in [0.15, 0.2) is 5.65 Å². The van der Waals surface area contributed by atoms with Gasteiger partial charge in [0, 0.05) is 31.5 Å². The molecule has 292 valence electrons. The van der Waals surface area contributed by atoms with Gasteiger partial charge in [0.25, 0.3) is 5.56 Å². The van der Waals surface area contributed by atoms with Gasteiger partial charge >= 0.3 is 35.6 Å². The minimum absolute atomic E-state index is 0.0388. The number of phosphoric acid groups is 3. The first-order chi connectivity index (χ1) is 23.8. The summed E-state index contributed by atoms with van der Waals surface area (Å²) in [5.41, 5.74) is -0.847. The van der Waals surface area contributed by atoms with Gasteiger partial charge in [-0.05, 0) is 0 Å². The van der Waals surface area contributed by atoms with Crippen molar-refractivity contribution in [3.8, 4) is 11.8 Å². The van der Waals surface area contributed by atoms with E-state index >= 15 is 0 Å². The Morgan fingerprint density at radius 2 is 1.88 bits per heavy atom. The third-order valence-electron chi connectivity index (χ3n) is 5.85. The van der Waals surface area contributed by atoms with E-state index in [1.165, 1.54) is 38.7 Å². The lowest BCUT2D eigenvalue weighted by atomic mass is 10.2. The summed E-state index contributed by atoms with van der Waals surface area (Å²) in [6.45, 7) is 4.28. The van der Waals surface area contributed by atoms with Gasteiger partial charge in [0.2, 0.25) is 5.95 Å². The van der Waals surface area contributed by atoms with E-state index in [-0.39, 0.29) is 39.7 Å². The molecule has 1 saturated heterocycles. The van der Waals surface area contributed by atoms with Gasteiger partial charge in [-0.25, -0.2) is 18.7 Å². The lowest BCUT2D eigenvalue weighted by Gasteiger charge is -2.22. The SMILES string of the molecule is CN(C)C=Nc1nc2c(c(C#CCNC(=O)C(F)(F)F)cn2[C@H]2CC(OCSSC(C)(C)C)[C@@H](COP(=O)(O)OP(=O)(O)OP(=O)(O)O)O2)c(=O)[nH]1. The van der Waals surface area contributed by atoms with Crippen LogP contribution in [-0.4, -0.2) is 108 Å². The molecule has 5 atom stereocenters. The largest absolute Gasteiger partial charge is 0.490 e. The van der Waals surface area contributed by atoms with Crippen molar-refractivity contribution < 1.29 is 73.9 Å². The topological polar surface area (TPSA) is 274 Å². The second kappa shape index (κ2) is 17.5. The van der Waals surface area contributed by atoms with E-state index in [2.05, 4.69) is 35.4 Å². The molecule has 2 aromatic heterocycles. The highest BCUT2D eigenvalue weighted by atomic mass is 33.1. The van der Waals surface area contributed by atoms with Crippen molar-refractivity contribution in [2.75, 3.05) is 33.2 Å². The van der Waals surface area contributed by atoms with Gasteiger partial charge in [-0.1, -0.05) is 54.2 Å². The third kappa shape index (κ3) is 14.2.